The number of piperazine rings is 2. The maximum absolute atomic E-state index is 14.3. The minimum absolute atomic E-state index is 0.0224. The first kappa shape index (κ1) is 86.0. The number of aryl methyl sites for hydroxylation is 1. The first-order chi connectivity index (χ1) is 52.7. The van der Waals surface area contributed by atoms with E-state index in [1.54, 1.807) is 30.5 Å². The number of β-amino-alcohol motifs (C(OH)–C–C–N with tert-alkyl or cyclic N) is 1. The number of hydrogen-bond acceptors (Lipinski definition) is 19. The highest BCUT2D eigenvalue weighted by Gasteiger charge is 2.49. The van der Waals surface area contributed by atoms with E-state index in [1.807, 2.05) is 121 Å². The Balaban J connectivity index is 0.665. The molecule has 0 spiro atoms. The Hall–Kier alpha value is -7.45. The lowest BCUT2D eigenvalue weighted by atomic mass is 9.71. The first-order valence-corrected chi connectivity index (χ1v) is 43.3. The van der Waals surface area contributed by atoms with Crippen LogP contribution in [0.5, 0.6) is 0 Å². The maximum Gasteiger partial charge on any atom is 0.501 e. The van der Waals surface area contributed by atoms with Crippen molar-refractivity contribution >= 4 is 101 Å². The Morgan fingerprint density at radius 3 is 2.10 bits per heavy atom. The summed E-state index contributed by atoms with van der Waals surface area (Å²) in [6.45, 7) is 19.6. The van der Waals surface area contributed by atoms with Crippen molar-refractivity contribution < 1.29 is 64.2 Å². The summed E-state index contributed by atoms with van der Waals surface area (Å²) in [7, 11) is -9.31. The van der Waals surface area contributed by atoms with Crippen molar-refractivity contribution in [2.75, 3.05) is 115 Å². The zero-order valence-electron chi connectivity index (χ0n) is 64.2. The molecule has 3 aliphatic heterocycles. The van der Waals surface area contributed by atoms with Crippen LogP contribution in [-0.2, 0) is 39.0 Å². The molecule has 5 aromatic carbocycles. The number of aromatic nitrogens is 1. The van der Waals surface area contributed by atoms with Crippen LogP contribution in [0.4, 0.5) is 24.5 Å². The molecule has 6 atom stereocenters. The molecule has 1 aliphatic carbocycles. The number of aliphatic hydroxyl groups is 2. The number of nitrogens with zero attached hydrogens (tertiary/aromatic N) is 7. The van der Waals surface area contributed by atoms with Crippen molar-refractivity contribution in [3.8, 4) is 10.4 Å². The molecule has 0 saturated carbocycles. The fourth-order valence-electron chi connectivity index (χ4n) is 15.0. The van der Waals surface area contributed by atoms with Gasteiger partial charge in [-0.15, -0.1) is 23.1 Å². The summed E-state index contributed by atoms with van der Waals surface area (Å²) >= 11 is 9.35. The SMILES string of the molecule is Cc1ncsc1-c1ccc([C@H](C)NC(=O)[C@@H]2C[C@@H](O)CN2C(=O)[C@@H](NC(=O)CCCCCCC(=O)N2CCN(C[C@]3(C)CCC(c4ccc(Cl)cc4)=C(CN4CCN(c5ccc(C(=O)NS(=O)(=O)c6ccc(N[C@H](CCN(C)CCO)CSc7ccccc7)c(S(=O)(=O)C(F)(F)F)c6)cc5)CC4)C3)CC2)C(C)(C)C)cc1. The van der Waals surface area contributed by atoms with Gasteiger partial charge in [-0.3, -0.25) is 33.8 Å². The molecule has 0 radical (unpaired) electrons. The second-order valence-electron chi connectivity index (χ2n) is 31.2. The number of benzene rings is 5. The molecule has 5 amide bonds. The zero-order chi connectivity index (χ0) is 80.0. The van der Waals surface area contributed by atoms with Crippen LogP contribution in [0.2, 0.25) is 5.02 Å². The van der Waals surface area contributed by atoms with Crippen LogP contribution in [0.15, 0.2) is 147 Å². The van der Waals surface area contributed by atoms with Crippen LogP contribution in [0.25, 0.3) is 16.0 Å². The molecule has 1 aromatic heterocycles. The number of alkyl halides is 3. The fourth-order valence-corrected chi connectivity index (χ4v) is 19.0. The molecule has 0 bridgehead atoms. The molecule has 4 aliphatic rings. The number of anilines is 2. The molecule has 0 unspecified atom stereocenters. The average Bonchev–Trinajstić information content (AvgIpc) is 1.55. The first-order valence-electron chi connectivity index (χ1n) is 38.1. The normalized spacial score (nSPS) is 19.2. The van der Waals surface area contributed by atoms with Gasteiger partial charge in [-0.1, -0.05) is 112 Å². The topological polar surface area (TPSA) is 275 Å². The van der Waals surface area contributed by atoms with Gasteiger partial charge in [0, 0.05) is 131 Å². The van der Waals surface area contributed by atoms with Gasteiger partial charge in [-0.2, -0.15) is 13.2 Å². The number of sulfone groups is 1. The van der Waals surface area contributed by atoms with Crippen molar-refractivity contribution in [2.24, 2.45) is 10.8 Å². The highest BCUT2D eigenvalue weighted by Crippen LogP contribution is 2.45. The van der Waals surface area contributed by atoms with Crippen LogP contribution in [-0.4, -0.2) is 220 Å². The summed E-state index contributed by atoms with van der Waals surface area (Å²) in [5.74, 6) is -1.72. The minimum atomic E-state index is -6.13. The van der Waals surface area contributed by atoms with Crippen LogP contribution in [0.3, 0.4) is 0 Å². The van der Waals surface area contributed by atoms with Gasteiger partial charge in [-0.05, 0) is 166 Å². The number of thioether (sulfide) groups is 1. The smallest absolute Gasteiger partial charge is 0.395 e. The van der Waals surface area contributed by atoms with Crippen LogP contribution in [0, 0.1) is 17.8 Å². The van der Waals surface area contributed by atoms with E-state index in [4.69, 9.17) is 11.6 Å². The van der Waals surface area contributed by atoms with Gasteiger partial charge in [0.05, 0.1) is 45.4 Å². The number of likely N-dealkylation sites (tertiary alicyclic amines) is 1. The number of rotatable bonds is 33. The lowest BCUT2D eigenvalue weighted by Gasteiger charge is -2.44. The lowest BCUT2D eigenvalue weighted by Crippen LogP contribution is -2.57. The lowest BCUT2D eigenvalue weighted by molar-refractivity contribution is -0.144. The van der Waals surface area contributed by atoms with Gasteiger partial charge in [0.25, 0.3) is 25.8 Å². The highest BCUT2D eigenvalue weighted by molar-refractivity contribution is 7.99. The zero-order valence-corrected chi connectivity index (χ0v) is 68.3. The van der Waals surface area contributed by atoms with Crippen molar-refractivity contribution in [3.63, 3.8) is 0 Å². The molecular weight excluding hydrogens is 1520 g/mol. The predicted octanol–water partition coefficient (Wildman–Crippen LogP) is 11.7. The molecule has 6 aromatic rings. The number of carbonyl (C=O) groups is 5. The van der Waals surface area contributed by atoms with E-state index in [1.165, 1.54) is 39.9 Å². The number of thiazole rings is 1. The summed E-state index contributed by atoms with van der Waals surface area (Å²) < 4.78 is 98.9. The Morgan fingerprint density at radius 1 is 0.802 bits per heavy atom. The number of carbonyl (C=O) groups excluding carboxylic acids is 5. The molecule has 111 heavy (non-hydrogen) atoms. The van der Waals surface area contributed by atoms with Gasteiger partial charge in [-0.25, -0.2) is 26.5 Å². The van der Waals surface area contributed by atoms with Gasteiger partial charge in [0.1, 0.15) is 17.0 Å². The summed E-state index contributed by atoms with van der Waals surface area (Å²) in [5.41, 5.74) is 2.26. The summed E-state index contributed by atoms with van der Waals surface area (Å²) in [5, 5.41) is 29.8. The number of halogens is 4. The van der Waals surface area contributed by atoms with Gasteiger partial charge in [0.2, 0.25) is 23.6 Å². The number of hydrogen-bond donors (Lipinski definition) is 6. The monoisotopic (exact) mass is 1630 g/mol. The molecule has 22 nitrogen and oxygen atoms in total. The Bertz CT molecular complexity index is 4450. The van der Waals surface area contributed by atoms with E-state index in [0.717, 1.165) is 121 Å². The van der Waals surface area contributed by atoms with Crippen LogP contribution >= 0.6 is 34.7 Å². The molecule has 602 valence electrons. The molecule has 3 fully saturated rings. The molecular formula is C81H105ClF3N11O11S4. The minimum Gasteiger partial charge on any atom is -0.395 e. The average molecular weight is 1630 g/mol. The maximum atomic E-state index is 14.3. The van der Waals surface area contributed by atoms with E-state index in [0.29, 0.717) is 81.8 Å². The van der Waals surface area contributed by atoms with Gasteiger partial charge < -0.3 is 45.8 Å². The van der Waals surface area contributed by atoms with Crippen LogP contribution in [0.1, 0.15) is 138 Å². The van der Waals surface area contributed by atoms with E-state index in [-0.39, 0.29) is 60.7 Å². The number of unbranched alkanes of at least 4 members (excludes halogenated alkanes) is 3. The number of aliphatic hydroxyl groups excluding tert-OH is 2. The molecule has 4 heterocycles. The Morgan fingerprint density at radius 2 is 1.46 bits per heavy atom. The molecule has 10 rings (SSSR count). The molecule has 30 heteroatoms. The third-order valence-electron chi connectivity index (χ3n) is 21.4. The van der Waals surface area contributed by atoms with Crippen LogP contribution < -0.4 is 25.6 Å². The van der Waals surface area contributed by atoms with E-state index >= 15 is 0 Å². The fraction of sp³-hybridized carbons (Fsp3) is 0.506. The van der Waals surface area contributed by atoms with E-state index in [2.05, 4.69) is 54.7 Å². The summed E-state index contributed by atoms with van der Waals surface area (Å²) in [4.78, 5) is 85.2. The third-order valence-corrected chi connectivity index (χ3v) is 26.7. The Labute approximate surface area is 664 Å². The van der Waals surface area contributed by atoms with E-state index < -0.39 is 82.3 Å². The standard InChI is InChI=1S/C81H105ClF3N11O11S4/c1-55(57-19-21-59(22-20-57)74-56(2)86-54-109-74)87-77(102)70-47-65(98)51-96(70)78(103)75(79(3,4)5)89-72(99)17-13-8-9-14-18-73(100)95-43-39-93(40-44-95)53-80(6)35-33-68(58-23-27-62(82)28-24-58)61(49-80)50-92-37-41-94(42-38-92)64-29-25-60(26-30-64)76(101)90-111(106,107)67-31-32-69(71(48-67)110(104,105)81(83,84)85)88-63(34-36-91(7)45-46-97)52-108-66-15-11-10-12-16-66/h10-12,15-16,19-32,48,54-55,63,65,70,75,88,97-98H,8-9,13-14,17-18,33-47,49-53H2,1-7H3,(H,87,102)(H,89,99)(H,90,101)/t55-,63+,65+,70-,75+,80+/m0/s1. The second-order valence-corrected chi connectivity index (χ2v) is 37.1. The predicted molar refractivity (Wildman–Crippen MR) is 431 cm³/mol. The number of allylic oxidation sites excluding steroid dienone is 1. The number of amides is 5. The molecule has 3 saturated heterocycles. The van der Waals surface area contributed by atoms with Gasteiger partial charge >= 0.3 is 5.51 Å². The van der Waals surface area contributed by atoms with Gasteiger partial charge in [0.15, 0.2) is 0 Å². The highest BCUT2D eigenvalue weighted by atomic mass is 35.5. The third kappa shape index (κ3) is 23.2. The van der Waals surface area contributed by atoms with Crippen molar-refractivity contribution in [1.82, 2.24) is 44.8 Å². The van der Waals surface area contributed by atoms with Crippen molar-refractivity contribution in [1.29, 1.82) is 0 Å². The van der Waals surface area contributed by atoms with Crippen molar-refractivity contribution in [3.05, 3.63) is 160 Å². The largest absolute Gasteiger partial charge is 0.501 e. The number of likely N-dealkylation sites (N-methyl/N-ethyl adjacent to an activating group) is 1. The molecule has 6 N–H and O–H groups in total. The summed E-state index contributed by atoms with van der Waals surface area (Å²) in [6.07, 6.45) is 5.64. The number of sulfonamides is 1. The second kappa shape index (κ2) is 38.1. The van der Waals surface area contributed by atoms with Crippen molar-refractivity contribution in [2.45, 2.75) is 163 Å². The summed E-state index contributed by atoms with van der Waals surface area (Å²) in [6, 6.07) is 31.0. The van der Waals surface area contributed by atoms with E-state index in [9.17, 15) is 64.2 Å². The quantitative estimate of drug-likeness (QED) is 0.0165. The number of nitrogens with one attached hydrogen (secondary N) is 4. The Kier molecular flexibility index (Phi) is 29.5.